The highest BCUT2D eigenvalue weighted by molar-refractivity contribution is 7.13. The van der Waals surface area contributed by atoms with Gasteiger partial charge in [0.2, 0.25) is 0 Å². The molecule has 4 nitrogen and oxygen atoms in total. The molecule has 0 unspecified atom stereocenters. The first-order valence-corrected chi connectivity index (χ1v) is 6.75. The monoisotopic (exact) mass is 268 g/mol. The number of aryl methyl sites for hydroxylation is 2. The summed E-state index contributed by atoms with van der Waals surface area (Å²) in [4.78, 5) is 20.8. The highest BCUT2D eigenvalue weighted by Crippen LogP contribution is 2.22. The molecule has 0 radical (unpaired) electrons. The van der Waals surface area contributed by atoms with Crippen LogP contribution in [0.3, 0.4) is 0 Å². The summed E-state index contributed by atoms with van der Waals surface area (Å²) in [5.74, 6) is -0.319. The van der Waals surface area contributed by atoms with E-state index in [2.05, 4.69) is 9.97 Å². The summed E-state index contributed by atoms with van der Waals surface area (Å²) in [6.45, 7) is 3.79. The predicted molar refractivity (Wildman–Crippen MR) is 67.8 cm³/mol. The largest absolute Gasteiger partial charge is 0.465 e. The van der Waals surface area contributed by atoms with Crippen LogP contribution in [0.1, 0.15) is 31.1 Å². The molecule has 17 heavy (non-hydrogen) atoms. The molecule has 2 rings (SSSR count). The predicted octanol–water partition coefficient (Wildman–Crippen LogP) is 2.59. The molecule has 0 N–H and O–H groups in total. The van der Waals surface area contributed by atoms with Gasteiger partial charge in [-0.2, -0.15) is 0 Å². The van der Waals surface area contributed by atoms with Gasteiger partial charge in [-0.05, 0) is 13.8 Å². The van der Waals surface area contributed by atoms with Crippen LogP contribution in [-0.4, -0.2) is 23.0 Å². The molecule has 2 aromatic rings. The smallest absolute Gasteiger partial charge is 0.349 e. The minimum atomic E-state index is -0.319. The zero-order chi connectivity index (χ0) is 12.4. The maximum atomic E-state index is 11.4. The van der Waals surface area contributed by atoms with E-state index in [0.29, 0.717) is 11.3 Å². The van der Waals surface area contributed by atoms with Gasteiger partial charge in [-0.3, -0.25) is 0 Å². The average Bonchev–Trinajstić information content (AvgIpc) is 2.85. The van der Waals surface area contributed by atoms with Crippen molar-refractivity contribution in [2.24, 2.45) is 0 Å². The van der Waals surface area contributed by atoms with Crippen LogP contribution < -0.4 is 0 Å². The molecule has 0 aliphatic rings. The summed E-state index contributed by atoms with van der Waals surface area (Å²) in [6.07, 6.45) is 0.673. The number of esters is 1. The molecular weight excluding hydrogens is 256 g/mol. The minimum Gasteiger partial charge on any atom is -0.465 e. The number of methoxy groups -OCH3 is 1. The molecule has 0 aliphatic heterocycles. The molecule has 6 heteroatoms. The number of hydrogen-bond acceptors (Lipinski definition) is 6. The van der Waals surface area contributed by atoms with Crippen LogP contribution in [0.5, 0.6) is 0 Å². The first-order chi connectivity index (χ1) is 8.10. The quantitative estimate of drug-likeness (QED) is 0.803. The normalized spacial score (nSPS) is 10.5. The van der Waals surface area contributed by atoms with E-state index in [1.165, 1.54) is 18.4 Å². The maximum absolute atomic E-state index is 11.4. The Bertz CT molecular complexity index is 545. The second kappa shape index (κ2) is 4.93. The van der Waals surface area contributed by atoms with Gasteiger partial charge in [0.05, 0.1) is 28.5 Å². The van der Waals surface area contributed by atoms with Crippen LogP contribution in [0, 0.1) is 13.8 Å². The van der Waals surface area contributed by atoms with Gasteiger partial charge in [0.15, 0.2) is 0 Å². The van der Waals surface area contributed by atoms with Crippen molar-refractivity contribution < 1.29 is 9.53 Å². The van der Waals surface area contributed by atoms with Gasteiger partial charge in [-0.1, -0.05) is 0 Å². The van der Waals surface area contributed by atoms with E-state index in [0.717, 1.165) is 21.4 Å². The Labute approximate surface area is 107 Å². The van der Waals surface area contributed by atoms with E-state index in [1.54, 1.807) is 11.3 Å². The van der Waals surface area contributed by atoms with Gasteiger partial charge in [-0.25, -0.2) is 14.8 Å². The van der Waals surface area contributed by atoms with E-state index >= 15 is 0 Å². The minimum absolute atomic E-state index is 0.319. The number of thiazole rings is 2. The molecule has 90 valence electrons. The third kappa shape index (κ3) is 2.70. The fourth-order valence-corrected chi connectivity index (χ4v) is 3.07. The van der Waals surface area contributed by atoms with Crippen molar-refractivity contribution in [3.05, 3.63) is 31.7 Å². The van der Waals surface area contributed by atoms with Crippen LogP contribution in [0.2, 0.25) is 0 Å². The molecule has 0 aromatic carbocycles. The Hall–Kier alpha value is -1.27. The molecule has 0 amide bonds. The number of hydrogen-bond donors (Lipinski definition) is 0. The van der Waals surface area contributed by atoms with Crippen LogP contribution >= 0.6 is 22.7 Å². The molecule has 0 saturated heterocycles. The van der Waals surface area contributed by atoms with Crippen molar-refractivity contribution in [1.82, 2.24) is 9.97 Å². The third-order valence-electron chi connectivity index (χ3n) is 2.21. The van der Waals surface area contributed by atoms with Crippen molar-refractivity contribution in [1.29, 1.82) is 0 Å². The highest BCUT2D eigenvalue weighted by Gasteiger charge is 2.16. The number of carbonyl (C=O) groups is 1. The molecule has 2 heterocycles. The summed E-state index contributed by atoms with van der Waals surface area (Å²) in [7, 11) is 1.38. The Morgan fingerprint density at radius 1 is 1.41 bits per heavy atom. The standard InChI is InChI=1S/C11H12N2O2S2/c1-6-10(11(14)15-3)17-9(12-6)4-8-5-16-7(2)13-8/h5H,4H2,1-3H3. The van der Waals surface area contributed by atoms with Crippen LogP contribution in [0.15, 0.2) is 5.38 Å². The van der Waals surface area contributed by atoms with Gasteiger partial charge >= 0.3 is 5.97 Å². The lowest BCUT2D eigenvalue weighted by molar-refractivity contribution is 0.0605. The maximum Gasteiger partial charge on any atom is 0.349 e. The number of aromatic nitrogens is 2. The molecule has 0 aliphatic carbocycles. The lowest BCUT2D eigenvalue weighted by Crippen LogP contribution is -1.99. The summed E-state index contributed by atoms with van der Waals surface area (Å²) >= 11 is 2.99. The number of nitrogens with zero attached hydrogens (tertiary/aromatic N) is 2. The van der Waals surface area contributed by atoms with E-state index in [-0.39, 0.29) is 5.97 Å². The van der Waals surface area contributed by atoms with Crippen LogP contribution in [0.4, 0.5) is 0 Å². The first kappa shape index (κ1) is 12.2. The lowest BCUT2D eigenvalue weighted by atomic mass is 10.3. The highest BCUT2D eigenvalue weighted by atomic mass is 32.1. The molecule has 2 aromatic heterocycles. The molecular formula is C11H12N2O2S2. The van der Waals surface area contributed by atoms with Gasteiger partial charge in [0.25, 0.3) is 0 Å². The second-order valence-corrected chi connectivity index (χ2v) is 5.69. The molecule has 0 spiro atoms. The van der Waals surface area contributed by atoms with Crippen LogP contribution in [0.25, 0.3) is 0 Å². The van der Waals surface area contributed by atoms with Gasteiger partial charge < -0.3 is 4.74 Å². The third-order valence-corrected chi connectivity index (χ3v) is 4.17. The topological polar surface area (TPSA) is 52.1 Å². The summed E-state index contributed by atoms with van der Waals surface area (Å²) < 4.78 is 4.70. The van der Waals surface area contributed by atoms with Crippen molar-refractivity contribution in [2.45, 2.75) is 20.3 Å². The average molecular weight is 268 g/mol. The first-order valence-electron chi connectivity index (χ1n) is 5.05. The van der Waals surface area contributed by atoms with E-state index in [4.69, 9.17) is 4.74 Å². The zero-order valence-electron chi connectivity index (χ0n) is 9.81. The summed E-state index contributed by atoms with van der Waals surface area (Å²) in [5.41, 5.74) is 1.72. The van der Waals surface area contributed by atoms with Crippen LogP contribution in [-0.2, 0) is 11.2 Å². The fourth-order valence-electron chi connectivity index (χ4n) is 1.45. The molecule has 0 atom stereocenters. The molecule has 0 bridgehead atoms. The van der Waals surface area contributed by atoms with Gasteiger partial charge in [0.1, 0.15) is 4.88 Å². The van der Waals surface area contributed by atoms with Crippen molar-refractivity contribution in [3.63, 3.8) is 0 Å². The van der Waals surface area contributed by atoms with Gasteiger partial charge in [-0.15, -0.1) is 22.7 Å². The fraction of sp³-hybridized carbons (Fsp3) is 0.364. The Morgan fingerprint density at radius 2 is 2.18 bits per heavy atom. The van der Waals surface area contributed by atoms with E-state index < -0.39 is 0 Å². The van der Waals surface area contributed by atoms with Crippen molar-refractivity contribution >= 4 is 28.6 Å². The van der Waals surface area contributed by atoms with E-state index in [1.807, 2.05) is 19.2 Å². The molecule has 0 fully saturated rings. The van der Waals surface area contributed by atoms with Gasteiger partial charge in [0, 0.05) is 11.8 Å². The molecule has 0 saturated carbocycles. The number of rotatable bonds is 3. The summed E-state index contributed by atoms with van der Waals surface area (Å²) in [5, 5.41) is 3.96. The van der Waals surface area contributed by atoms with Crippen molar-refractivity contribution in [3.8, 4) is 0 Å². The Kier molecular flexibility index (Phi) is 3.54. The van der Waals surface area contributed by atoms with Crippen molar-refractivity contribution in [2.75, 3.05) is 7.11 Å². The Morgan fingerprint density at radius 3 is 2.76 bits per heavy atom. The Balaban J connectivity index is 2.20. The number of carbonyl (C=O) groups excluding carboxylic acids is 1. The zero-order valence-corrected chi connectivity index (χ0v) is 11.4. The summed E-state index contributed by atoms with van der Waals surface area (Å²) in [6, 6.07) is 0. The number of ether oxygens (including phenoxy) is 1. The van der Waals surface area contributed by atoms with E-state index in [9.17, 15) is 4.79 Å². The SMILES string of the molecule is COC(=O)c1sc(Cc2csc(C)n2)nc1C. The lowest BCUT2D eigenvalue weighted by Gasteiger charge is -1.93. The second-order valence-electron chi connectivity index (χ2n) is 3.55.